The molecule has 0 saturated heterocycles. The van der Waals surface area contributed by atoms with Gasteiger partial charge in [-0.05, 0) is 43.4 Å². The molecule has 2 N–H and O–H groups in total. The maximum Gasteiger partial charge on any atom is 0.211 e. The Balaban J connectivity index is 1.86. The molecule has 1 aliphatic carbocycles. The number of sulfonamides is 1. The molecule has 114 valence electrons. The van der Waals surface area contributed by atoms with Crippen LogP contribution in [0.2, 0.25) is 5.02 Å². The number of halogens is 1. The summed E-state index contributed by atoms with van der Waals surface area (Å²) in [6, 6.07) is 5.80. The summed E-state index contributed by atoms with van der Waals surface area (Å²) in [7, 11) is -3.16. The molecule has 21 heavy (non-hydrogen) atoms. The van der Waals surface area contributed by atoms with Gasteiger partial charge >= 0.3 is 0 Å². The highest BCUT2D eigenvalue weighted by Gasteiger charge is 2.25. The standard InChI is InChI=1S/C15H19ClN2O2S/c1-2-7-21(19,20)18-11-4-6-14-13(9-11)12-5-3-10(16)8-15(12)17-14/h3,5,8,11,17-18H,2,4,6-7,9H2,1H3. The van der Waals surface area contributed by atoms with E-state index in [-0.39, 0.29) is 11.8 Å². The van der Waals surface area contributed by atoms with Gasteiger partial charge in [-0.1, -0.05) is 24.6 Å². The second-order valence-electron chi connectivity index (χ2n) is 5.65. The summed E-state index contributed by atoms with van der Waals surface area (Å²) in [5, 5.41) is 1.86. The normalized spacial score (nSPS) is 18.9. The van der Waals surface area contributed by atoms with E-state index in [2.05, 4.69) is 9.71 Å². The highest BCUT2D eigenvalue weighted by atomic mass is 35.5. The third-order valence-corrected chi connectivity index (χ3v) is 5.84. The molecule has 1 aromatic carbocycles. The summed E-state index contributed by atoms with van der Waals surface area (Å²) in [5.74, 6) is 0.194. The third kappa shape index (κ3) is 3.10. The van der Waals surface area contributed by atoms with Crippen LogP contribution in [0.25, 0.3) is 10.9 Å². The van der Waals surface area contributed by atoms with Crippen molar-refractivity contribution in [3.63, 3.8) is 0 Å². The lowest BCUT2D eigenvalue weighted by Crippen LogP contribution is -2.39. The van der Waals surface area contributed by atoms with Crippen molar-refractivity contribution in [2.24, 2.45) is 0 Å². The molecule has 4 nitrogen and oxygen atoms in total. The van der Waals surface area contributed by atoms with Gasteiger partial charge in [0.2, 0.25) is 10.0 Å². The van der Waals surface area contributed by atoms with E-state index in [1.165, 1.54) is 11.3 Å². The maximum atomic E-state index is 11.9. The van der Waals surface area contributed by atoms with E-state index in [0.29, 0.717) is 11.4 Å². The molecule has 1 aliphatic rings. The SMILES string of the molecule is CCCS(=O)(=O)NC1CCc2[nH]c3cc(Cl)ccc3c2C1. The van der Waals surface area contributed by atoms with Crippen molar-refractivity contribution in [1.82, 2.24) is 9.71 Å². The lowest BCUT2D eigenvalue weighted by molar-refractivity contribution is 0.506. The van der Waals surface area contributed by atoms with E-state index in [0.717, 1.165) is 30.2 Å². The fourth-order valence-electron chi connectivity index (χ4n) is 3.08. The molecule has 1 unspecified atom stereocenters. The number of H-pyrrole nitrogens is 1. The number of hydrogen-bond acceptors (Lipinski definition) is 2. The molecule has 2 aromatic rings. The summed E-state index contributed by atoms with van der Waals surface area (Å²) >= 11 is 6.02. The van der Waals surface area contributed by atoms with E-state index in [1.54, 1.807) is 0 Å². The van der Waals surface area contributed by atoms with Crippen LogP contribution in [0.4, 0.5) is 0 Å². The Morgan fingerprint density at radius 2 is 2.24 bits per heavy atom. The second-order valence-corrected chi connectivity index (χ2v) is 7.96. The van der Waals surface area contributed by atoms with Crippen LogP contribution in [0.5, 0.6) is 0 Å². The van der Waals surface area contributed by atoms with E-state index in [4.69, 9.17) is 11.6 Å². The average molecular weight is 327 g/mol. The van der Waals surface area contributed by atoms with Crippen LogP contribution in [-0.2, 0) is 22.9 Å². The first-order valence-corrected chi connectivity index (χ1v) is 9.30. The van der Waals surface area contributed by atoms with Gasteiger partial charge < -0.3 is 4.98 Å². The molecule has 0 bridgehead atoms. The van der Waals surface area contributed by atoms with Crippen molar-refractivity contribution in [2.75, 3.05) is 5.75 Å². The Bertz CT molecular complexity index is 767. The molecule has 3 rings (SSSR count). The van der Waals surface area contributed by atoms with Gasteiger partial charge in [0.1, 0.15) is 0 Å². The van der Waals surface area contributed by atoms with E-state index in [1.807, 2.05) is 25.1 Å². The van der Waals surface area contributed by atoms with Gasteiger partial charge in [0.25, 0.3) is 0 Å². The van der Waals surface area contributed by atoms with Crippen molar-refractivity contribution in [3.8, 4) is 0 Å². The van der Waals surface area contributed by atoms with Gasteiger partial charge in [-0.15, -0.1) is 0 Å². The fourth-order valence-corrected chi connectivity index (χ4v) is 4.62. The highest BCUT2D eigenvalue weighted by molar-refractivity contribution is 7.89. The first kappa shape index (κ1) is 14.9. The zero-order valence-corrected chi connectivity index (χ0v) is 13.5. The third-order valence-electron chi connectivity index (χ3n) is 3.97. The van der Waals surface area contributed by atoms with Crippen LogP contribution in [0.3, 0.4) is 0 Å². The lowest BCUT2D eigenvalue weighted by atomic mass is 9.92. The van der Waals surface area contributed by atoms with Crippen molar-refractivity contribution in [2.45, 2.75) is 38.6 Å². The minimum absolute atomic E-state index is 0.0104. The van der Waals surface area contributed by atoms with Crippen LogP contribution in [-0.4, -0.2) is 25.2 Å². The van der Waals surface area contributed by atoms with E-state index >= 15 is 0 Å². The molecule has 0 fully saturated rings. The Morgan fingerprint density at radius 1 is 1.43 bits per heavy atom. The molecule has 0 saturated carbocycles. The van der Waals surface area contributed by atoms with Crippen molar-refractivity contribution >= 4 is 32.5 Å². The number of nitrogens with one attached hydrogen (secondary N) is 2. The Kier molecular flexibility index (Phi) is 3.99. The minimum Gasteiger partial charge on any atom is -0.358 e. The Labute approximate surface area is 129 Å². The number of fused-ring (bicyclic) bond motifs is 3. The molecule has 1 heterocycles. The van der Waals surface area contributed by atoms with Gasteiger partial charge in [-0.2, -0.15) is 0 Å². The van der Waals surface area contributed by atoms with Gasteiger partial charge in [-0.3, -0.25) is 0 Å². The van der Waals surface area contributed by atoms with Crippen LogP contribution < -0.4 is 4.72 Å². The number of hydrogen-bond donors (Lipinski definition) is 2. The smallest absolute Gasteiger partial charge is 0.211 e. The number of benzene rings is 1. The predicted octanol–water partition coefficient (Wildman–Crippen LogP) is 3.01. The number of aromatic nitrogens is 1. The Hall–Kier alpha value is -1.04. The van der Waals surface area contributed by atoms with Crippen LogP contribution in [0.1, 0.15) is 31.0 Å². The molecule has 0 aliphatic heterocycles. The van der Waals surface area contributed by atoms with Crippen molar-refractivity contribution in [1.29, 1.82) is 0 Å². The molecular formula is C15H19ClN2O2S. The van der Waals surface area contributed by atoms with Crippen molar-refractivity contribution in [3.05, 3.63) is 34.5 Å². The molecule has 1 aromatic heterocycles. The first-order valence-electron chi connectivity index (χ1n) is 7.27. The minimum atomic E-state index is -3.16. The van der Waals surface area contributed by atoms with Gasteiger partial charge in [0.15, 0.2) is 0 Å². The number of aromatic amines is 1. The zero-order valence-electron chi connectivity index (χ0n) is 11.9. The second kappa shape index (κ2) is 5.63. The molecular weight excluding hydrogens is 308 g/mol. The lowest BCUT2D eigenvalue weighted by Gasteiger charge is -2.23. The summed E-state index contributed by atoms with van der Waals surface area (Å²) in [4.78, 5) is 3.40. The van der Waals surface area contributed by atoms with Crippen molar-refractivity contribution < 1.29 is 8.42 Å². The molecule has 0 radical (unpaired) electrons. The van der Waals surface area contributed by atoms with Gasteiger partial charge in [0.05, 0.1) is 5.75 Å². The summed E-state index contributed by atoms with van der Waals surface area (Å²) < 4.78 is 26.7. The summed E-state index contributed by atoms with van der Waals surface area (Å²) in [6.07, 6.45) is 3.07. The summed E-state index contributed by atoms with van der Waals surface area (Å²) in [6.45, 7) is 1.88. The van der Waals surface area contributed by atoms with Crippen LogP contribution in [0.15, 0.2) is 18.2 Å². The molecule has 6 heteroatoms. The summed E-state index contributed by atoms with van der Waals surface area (Å²) in [5.41, 5.74) is 3.46. The van der Waals surface area contributed by atoms with Crippen LogP contribution in [0, 0.1) is 0 Å². The fraction of sp³-hybridized carbons (Fsp3) is 0.467. The highest BCUT2D eigenvalue weighted by Crippen LogP contribution is 2.30. The Morgan fingerprint density at radius 3 is 3.00 bits per heavy atom. The average Bonchev–Trinajstić information content (AvgIpc) is 2.74. The predicted molar refractivity (Wildman–Crippen MR) is 86.3 cm³/mol. The topological polar surface area (TPSA) is 62.0 Å². The van der Waals surface area contributed by atoms with Gasteiger partial charge in [0, 0.05) is 27.7 Å². The largest absolute Gasteiger partial charge is 0.358 e. The maximum absolute atomic E-state index is 11.9. The van der Waals surface area contributed by atoms with Crippen LogP contribution >= 0.6 is 11.6 Å². The van der Waals surface area contributed by atoms with E-state index in [9.17, 15) is 8.42 Å². The van der Waals surface area contributed by atoms with E-state index < -0.39 is 10.0 Å². The number of aryl methyl sites for hydroxylation is 1. The molecule has 0 spiro atoms. The quantitative estimate of drug-likeness (QED) is 0.907. The molecule has 1 atom stereocenters. The first-order chi connectivity index (χ1) is 9.98. The molecule has 0 amide bonds. The number of rotatable bonds is 4. The van der Waals surface area contributed by atoms with Gasteiger partial charge in [-0.25, -0.2) is 13.1 Å². The monoisotopic (exact) mass is 326 g/mol. The zero-order chi connectivity index (χ0) is 15.0.